The zero-order valence-electron chi connectivity index (χ0n) is 7.59. The number of carbonyl (C=O) groups is 1. The lowest BCUT2D eigenvalue weighted by molar-refractivity contribution is 0.0698. The van der Waals surface area contributed by atoms with Crippen LogP contribution in [0.3, 0.4) is 0 Å². The molecule has 13 heavy (non-hydrogen) atoms. The van der Waals surface area contributed by atoms with Gasteiger partial charge in [0.2, 0.25) is 0 Å². The van der Waals surface area contributed by atoms with Crippen molar-refractivity contribution in [2.45, 2.75) is 13.8 Å². The van der Waals surface area contributed by atoms with Crippen molar-refractivity contribution in [2.75, 3.05) is 11.5 Å². The molecule has 1 aromatic rings. The molecule has 0 bridgehead atoms. The molecule has 0 saturated carbocycles. The number of nitrogen functional groups attached to an aromatic ring is 2. The summed E-state index contributed by atoms with van der Waals surface area (Å²) in [6.45, 7) is 3.47. The third-order valence-corrected chi connectivity index (χ3v) is 2.11. The second kappa shape index (κ2) is 2.97. The summed E-state index contributed by atoms with van der Waals surface area (Å²) < 4.78 is 0. The normalized spacial score (nSPS) is 10.0. The van der Waals surface area contributed by atoms with Gasteiger partial charge in [0.05, 0.1) is 11.3 Å². The molecule has 0 fully saturated rings. The number of aromatic carboxylic acids is 1. The summed E-state index contributed by atoms with van der Waals surface area (Å²) in [4.78, 5) is 10.7. The fourth-order valence-electron chi connectivity index (χ4n) is 1.19. The Morgan fingerprint density at radius 3 is 2.31 bits per heavy atom. The van der Waals surface area contributed by atoms with E-state index in [4.69, 9.17) is 16.6 Å². The minimum atomic E-state index is -1.02. The number of hydrogen-bond acceptors (Lipinski definition) is 3. The van der Waals surface area contributed by atoms with Crippen LogP contribution in [0.5, 0.6) is 0 Å². The molecule has 1 aromatic carbocycles. The zero-order valence-corrected chi connectivity index (χ0v) is 7.59. The van der Waals surface area contributed by atoms with E-state index in [-0.39, 0.29) is 11.3 Å². The molecule has 0 saturated heterocycles. The predicted octanol–water partition coefficient (Wildman–Crippen LogP) is 1.17. The van der Waals surface area contributed by atoms with Crippen molar-refractivity contribution in [2.24, 2.45) is 0 Å². The van der Waals surface area contributed by atoms with E-state index in [1.54, 1.807) is 13.8 Å². The summed E-state index contributed by atoms with van der Waals surface area (Å²) in [5.74, 6) is -1.02. The Balaban J connectivity index is 3.50. The van der Waals surface area contributed by atoms with E-state index in [0.29, 0.717) is 11.3 Å². The van der Waals surface area contributed by atoms with Gasteiger partial charge in [0.1, 0.15) is 0 Å². The Morgan fingerprint density at radius 1 is 1.31 bits per heavy atom. The molecule has 4 heteroatoms. The lowest BCUT2D eigenvalue weighted by atomic mass is 10.0. The van der Waals surface area contributed by atoms with Gasteiger partial charge in [0.15, 0.2) is 0 Å². The van der Waals surface area contributed by atoms with Crippen molar-refractivity contribution in [1.82, 2.24) is 0 Å². The zero-order chi connectivity index (χ0) is 10.2. The molecule has 5 N–H and O–H groups in total. The van der Waals surface area contributed by atoms with Gasteiger partial charge in [0.25, 0.3) is 0 Å². The van der Waals surface area contributed by atoms with Crippen LogP contribution in [-0.4, -0.2) is 11.1 Å². The highest BCUT2D eigenvalue weighted by Gasteiger charge is 2.13. The third-order valence-electron chi connectivity index (χ3n) is 2.11. The number of carboxylic acids is 1. The maximum Gasteiger partial charge on any atom is 0.337 e. The highest BCUT2D eigenvalue weighted by molar-refractivity contribution is 5.96. The number of benzene rings is 1. The quantitative estimate of drug-likeness (QED) is 0.566. The smallest absolute Gasteiger partial charge is 0.337 e. The molecule has 0 aliphatic rings. The lowest BCUT2D eigenvalue weighted by Gasteiger charge is -2.10. The molecule has 0 spiro atoms. The molecule has 0 aliphatic carbocycles. The van der Waals surface area contributed by atoms with Gasteiger partial charge in [-0.3, -0.25) is 0 Å². The van der Waals surface area contributed by atoms with Gasteiger partial charge in [0, 0.05) is 5.69 Å². The summed E-state index contributed by atoms with van der Waals surface area (Å²) in [6, 6.07) is 1.49. The van der Waals surface area contributed by atoms with Crippen LogP contribution in [-0.2, 0) is 0 Å². The Labute approximate surface area is 76.2 Å². The molecule has 0 unspecified atom stereocenters. The minimum Gasteiger partial charge on any atom is -0.478 e. The van der Waals surface area contributed by atoms with Crippen LogP contribution in [0.1, 0.15) is 21.5 Å². The minimum absolute atomic E-state index is 0.115. The Bertz CT molecular complexity index is 372. The number of rotatable bonds is 1. The van der Waals surface area contributed by atoms with E-state index in [1.165, 1.54) is 6.07 Å². The van der Waals surface area contributed by atoms with Crippen LogP contribution in [0.15, 0.2) is 6.07 Å². The first-order valence-electron chi connectivity index (χ1n) is 3.83. The first kappa shape index (κ1) is 9.38. The van der Waals surface area contributed by atoms with Crippen molar-refractivity contribution >= 4 is 17.3 Å². The van der Waals surface area contributed by atoms with E-state index < -0.39 is 5.97 Å². The fourth-order valence-corrected chi connectivity index (χ4v) is 1.19. The molecular formula is C9H12N2O2. The average molecular weight is 180 g/mol. The topological polar surface area (TPSA) is 89.3 Å². The molecule has 70 valence electrons. The van der Waals surface area contributed by atoms with Crippen molar-refractivity contribution in [3.63, 3.8) is 0 Å². The second-order valence-corrected chi connectivity index (χ2v) is 3.00. The summed E-state index contributed by atoms with van der Waals surface area (Å²) in [5, 5.41) is 8.78. The molecule has 0 amide bonds. The first-order valence-corrected chi connectivity index (χ1v) is 3.83. The SMILES string of the molecule is Cc1cc(C(=O)O)c(N)c(C)c1N. The van der Waals surface area contributed by atoms with Crippen molar-refractivity contribution in [1.29, 1.82) is 0 Å². The molecular weight excluding hydrogens is 168 g/mol. The van der Waals surface area contributed by atoms with E-state index in [9.17, 15) is 4.79 Å². The van der Waals surface area contributed by atoms with Gasteiger partial charge in [-0.1, -0.05) is 0 Å². The Morgan fingerprint density at radius 2 is 1.85 bits per heavy atom. The first-order chi connectivity index (χ1) is 5.95. The maximum atomic E-state index is 10.7. The van der Waals surface area contributed by atoms with Crippen LogP contribution in [0.2, 0.25) is 0 Å². The van der Waals surface area contributed by atoms with Crippen molar-refractivity contribution in [3.8, 4) is 0 Å². The van der Waals surface area contributed by atoms with Gasteiger partial charge >= 0.3 is 5.97 Å². The monoisotopic (exact) mass is 180 g/mol. The number of carboxylic acid groups (broad SMARTS) is 1. The summed E-state index contributed by atoms with van der Waals surface area (Å²) >= 11 is 0. The van der Waals surface area contributed by atoms with Crippen LogP contribution >= 0.6 is 0 Å². The number of anilines is 2. The number of nitrogens with two attached hydrogens (primary N) is 2. The van der Waals surface area contributed by atoms with Gasteiger partial charge in [-0.25, -0.2) is 4.79 Å². The van der Waals surface area contributed by atoms with E-state index in [1.807, 2.05) is 0 Å². The van der Waals surface area contributed by atoms with Crippen LogP contribution in [0.4, 0.5) is 11.4 Å². The molecule has 1 rings (SSSR count). The third kappa shape index (κ3) is 1.42. The van der Waals surface area contributed by atoms with E-state index in [2.05, 4.69) is 0 Å². The highest BCUT2D eigenvalue weighted by Crippen LogP contribution is 2.26. The van der Waals surface area contributed by atoms with Crippen LogP contribution in [0.25, 0.3) is 0 Å². The van der Waals surface area contributed by atoms with E-state index >= 15 is 0 Å². The second-order valence-electron chi connectivity index (χ2n) is 3.00. The molecule has 0 aliphatic heterocycles. The average Bonchev–Trinajstić information content (AvgIpc) is 2.07. The van der Waals surface area contributed by atoms with Crippen LogP contribution in [0, 0.1) is 13.8 Å². The van der Waals surface area contributed by atoms with Gasteiger partial charge < -0.3 is 16.6 Å². The van der Waals surface area contributed by atoms with E-state index in [0.717, 1.165) is 5.56 Å². The molecule has 0 aromatic heterocycles. The summed E-state index contributed by atoms with van der Waals surface area (Å²) in [6.07, 6.45) is 0. The van der Waals surface area contributed by atoms with Crippen LogP contribution < -0.4 is 11.5 Å². The molecule has 4 nitrogen and oxygen atoms in total. The van der Waals surface area contributed by atoms with Crippen molar-refractivity contribution in [3.05, 3.63) is 22.8 Å². The highest BCUT2D eigenvalue weighted by atomic mass is 16.4. The van der Waals surface area contributed by atoms with Gasteiger partial charge in [-0.15, -0.1) is 0 Å². The molecule has 0 atom stereocenters. The van der Waals surface area contributed by atoms with Crippen molar-refractivity contribution < 1.29 is 9.90 Å². The fraction of sp³-hybridized carbons (Fsp3) is 0.222. The lowest BCUT2D eigenvalue weighted by Crippen LogP contribution is -2.07. The Kier molecular flexibility index (Phi) is 2.14. The Hall–Kier alpha value is -1.71. The van der Waals surface area contributed by atoms with Gasteiger partial charge in [-0.2, -0.15) is 0 Å². The van der Waals surface area contributed by atoms with Gasteiger partial charge in [-0.05, 0) is 31.0 Å². The standard InChI is InChI=1S/C9H12N2O2/c1-4-3-6(9(12)13)8(11)5(2)7(4)10/h3H,10-11H2,1-2H3,(H,12,13). The maximum absolute atomic E-state index is 10.7. The predicted molar refractivity (Wildman–Crippen MR) is 51.7 cm³/mol. The summed E-state index contributed by atoms with van der Waals surface area (Å²) in [5.41, 5.74) is 13.6. The number of hydrogen-bond donors (Lipinski definition) is 3. The molecule has 0 radical (unpaired) electrons. The number of aryl methyl sites for hydroxylation is 1. The molecule has 0 heterocycles. The largest absolute Gasteiger partial charge is 0.478 e. The summed E-state index contributed by atoms with van der Waals surface area (Å²) in [7, 11) is 0.